The van der Waals surface area contributed by atoms with E-state index >= 15 is 0 Å². The van der Waals surface area contributed by atoms with Crippen molar-refractivity contribution < 1.29 is 22.8 Å². The molecule has 0 unspecified atom stereocenters. The Morgan fingerprint density at radius 3 is 2.07 bits per heavy atom. The van der Waals surface area contributed by atoms with E-state index in [4.69, 9.17) is 5.73 Å². The van der Waals surface area contributed by atoms with Gasteiger partial charge in [0.25, 0.3) is 0 Å². The quantitative estimate of drug-likeness (QED) is 0.480. The number of aryl methyl sites for hydroxylation is 1. The lowest BCUT2D eigenvalue weighted by molar-refractivity contribution is -0.137. The maximum atomic E-state index is 13.1. The summed E-state index contributed by atoms with van der Waals surface area (Å²) in [5, 5.41) is 2.49. The molecule has 0 heterocycles. The number of carbonyl (C=O) groups excluding carboxylic acids is 2. The Labute approximate surface area is 173 Å². The Kier molecular flexibility index (Phi) is 7.72. The van der Waals surface area contributed by atoms with Gasteiger partial charge in [-0.15, -0.1) is 0 Å². The van der Waals surface area contributed by atoms with Gasteiger partial charge in [-0.3, -0.25) is 9.59 Å². The summed E-state index contributed by atoms with van der Waals surface area (Å²) in [4.78, 5) is 24.0. The number of rotatable bonds is 8. The zero-order valence-electron chi connectivity index (χ0n) is 16.7. The number of carbonyl (C=O) groups is 2. The number of hydrogen-bond donors (Lipinski definition) is 2. The van der Waals surface area contributed by atoms with Crippen LogP contribution in [0.3, 0.4) is 0 Å². The minimum atomic E-state index is -4.52. The lowest BCUT2D eigenvalue weighted by atomic mass is 10.0. The van der Waals surface area contributed by atoms with Crippen LogP contribution in [0.4, 0.5) is 18.9 Å². The highest BCUT2D eigenvalue weighted by atomic mass is 19.4. The summed E-state index contributed by atoms with van der Waals surface area (Å²) in [6.07, 6.45) is 0.412. The summed E-state index contributed by atoms with van der Waals surface area (Å²) in [5.41, 5.74) is 7.78. The molecule has 0 aliphatic rings. The van der Waals surface area contributed by atoms with Crippen molar-refractivity contribution in [3.05, 3.63) is 76.4 Å². The summed E-state index contributed by atoms with van der Waals surface area (Å²) in [5.74, 6) is -0.891. The Morgan fingerprint density at radius 1 is 1.00 bits per heavy atom. The molecule has 4 nitrogen and oxygen atoms in total. The van der Waals surface area contributed by atoms with E-state index in [2.05, 4.69) is 5.32 Å². The van der Waals surface area contributed by atoms with Gasteiger partial charge in [-0.1, -0.05) is 36.4 Å². The van der Waals surface area contributed by atoms with Crippen molar-refractivity contribution in [2.75, 3.05) is 12.4 Å². The molecule has 0 radical (unpaired) electrons. The number of anilines is 1. The fourth-order valence-corrected chi connectivity index (χ4v) is 2.84. The van der Waals surface area contributed by atoms with Crippen LogP contribution in [0.15, 0.2) is 48.6 Å². The Bertz CT molecular complexity index is 992. The lowest BCUT2D eigenvalue weighted by Gasteiger charge is -2.13. The fourth-order valence-electron chi connectivity index (χ4n) is 2.84. The molecule has 2 aromatic carbocycles. The highest BCUT2D eigenvalue weighted by Gasteiger charge is 2.33. The van der Waals surface area contributed by atoms with Crippen LogP contribution < -0.4 is 11.1 Å². The van der Waals surface area contributed by atoms with Crippen LogP contribution in [0.5, 0.6) is 0 Å². The topological polar surface area (TPSA) is 72.2 Å². The van der Waals surface area contributed by atoms with Crippen molar-refractivity contribution in [2.45, 2.75) is 26.1 Å². The van der Waals surface area contributed by atoms with Crippen LogP contribution >= 0.6 is 0 Å². The van der Waals surface area contributed by atoms with Gasteiger partial charge in [0, 0.05) is 19.3 Å². The minimum absolute atomic E-state index is 0.0546. The molecule has 0 bridgehead atoms. The highest BCUT2D eigenvalue weighted by molar-refractivity contribution is 6.10. The SMILES string of the molecule is CNc1ccc(/C=C/C(=O)CC(=O)/C=C/c2ccc(CN)c(C)c2)cc1C(F)(F)F. The number of alkyl halides is 3. The normalized spacial score (nSPS) is 11.9. The van der Waals surface area contributed by atoms with E-state index in [1.807, 2.05) is 25.1 Å². The van der Waals surface area contributed by atoms with E-state index < -0.39 is 23.3 Å². The van der Waals surface area contributed by atoms with Gasteiger partial charge in [0.1, 0.15) is 0 Å². The number of nitrogens with one attached hydrogen (secondary N) is 1. The molecule has 0 aliphatic heterocycles. The number of ketones is 2. The number of allylic oxidation sites excluding steroid dienone is 2. The second-order valence-corrected chi connectivity index (χ2v) is 6.72. The highest BCUT2D eigenvalue weighted by Crippen LogP contribution is 2.35. The van der Waals surface area contributed by atoms with E-state index in [0.717, 1.165) is 28.8 Å². The summed E-state index contributed by atoms with van der Waals surface area (Å²) in [6.45, 7) is 2.35. The average Bonchev–Trinajstić information content (AvgIpc) is 2.70. The summed E-state index contributed by atoms with van der Waals surface area (Å²) in [7, 11) is 1.40. The third-order valence-electron chi connectivity index (χ3n) is 4.48. The molecule has 0 amide bonds. The molecule has 0 saturated carbocycles. The van der Waals surface area contributed by atoms with Gasteiger partial charge >= 0.3 is 6.18 Å². The largest absolute Gasteiger partial charge is 0.418 e. The first-order chi connectivity index (χ1) is 14.1. The smallest absolute Gasteiger partial charge is 0.388 e. The lowest BCUT2D eigenvalue weighted by Crippen LogP contribution is -2.09. The first-order valence-corrected chi connectivity index (χ1v) is 9.24. The fraction of sp³-hybridized carbons (Fsp3) is 0.217. The maximum Gasteiger partial charge on any atom is 0.418 e. The van der Waals surface area contributed by atoms with Gasteiger partial charge in [-0.25, -0.2) is 0 Å². The first-order valence-electron chi connectivity index (χ1n) is 9.24. The molecule has 2 rings (SSSR count). The van der Waals surface area contributed by atoms with Crippen LogP contribution in [0.25, 0.3) is 12.2 Å². The predicted octanol–water partition coefficient (Wildman–Crippen LogP) is 4.77. The van der Waals surface area contributed by atoms with Gasteiger partial charge in [0.2, 0.25) is 0 Å². The second kappa shape index (κ2) is 10.0. The third-order valence-corrected chi connectivity index (χ3v) is 4.48. The zero-order valence-corrected chi connectivity index (χ0v) is 16.7. The van der Waals surface area contributed by atoms with Crippen molar-refractivity contribution in [1.82, 2.24) is 0 Å². The number of hydrogen-bond acceptors (Lipinski definition) is 4. The van der Waals surface area contributed by atoms with E-state index in [0.29, 0.717) is 6.54 Å². The van der Waals surface area contributed by atoms with Crippen molar-refractivity contribution >= 4 is 29.4 Å². The maximum absolute atomic E-state index is 13.1. The molecule has 0 aliphatic carbocycles. The van der Waals surface area contributed by atoms with Crippen LogP contribution in [0.1, 0.15) is 34.2 Å². The minimum Gasteiger partial charge on any atom is -0.388 e. The van der Waals surface area contributed by atoms with Crippen molar-refractivity contribution in [3.8, 4) is 0 Å². The van der Waals surface area contributed by atoms with Crippen molar-refractivity contribution in [3.63, 3.8) is 0 Å². The number of benzene rings is 2. The van der Waals surface area contributed by atoms with Gasteiger partial charge in [-0.05, 0) is 53.5 Å². The molecule has 30 heavy (non-hydrogen) atoms. The Balaban J connectivity index is 2.02. The molecule has 0 aromatic heterocycles. The molecular formula is C23H23F3N2O2. The van der Waals surface area contributed by atoms with Crippen LogP contribution in [-0.4, -0.2) is 18.6 Å². The molecular weight excluding hydrogens is 393 g/mol. The van der Waals surface area contributed by atoms with Gasteiger partial charge < -0.3 is 11.1 Å². The van der Waals surface area contributed by atoms with E-state index in [1.54, 1.807) is 6.08 Å². The standard InChI is InChI=1S/C23H23F3N2O2/c1-15-11-16(3-7-18(15)14-27)4-8-19(29)13-20(30)9-5-17-6-10-22(28-2)21(12-17)23(24,25)26/h3-12,28H,13-14,27H2,1-2H3/b8-4+,9-5+. The molecule has 7 heteroatoms. The Hall–Kier alpha value is -3.19. The van der Waals surface area contributed by atoms with Gasteiger partial charge in [0.15, 0.2) is 11.6 Å². The number of halogens is 3. The average molecular weight is 416 g/mol. The van der Waals surface area contributed by atoms with Gasteiger partial charge in [-0.2, -0.15) is 13.2 Å². The monoisotopic (exact) mass is 416 g/mol. The molecule has 158 valence electrons. The summed E-state index contributed by atoms with van der Waals surface area (Å²) >= 11 is 0. The van der Waals surface area contributed by atoms with Gasteiger partial charge in [0.05, 0.1) is 12.0 Å². The molecule has 2 aromatic rings. The molecule has 0 fully saturated rings. The third kappa shape index (κ3) is 6.42. The van der Waals surface area contributed by atoms with Crippen LogP contribution in [-0.2, 0) is 22.3 Å². The molecule has 3 N–H and O–H groups in total. The molecule has 0 spiro atoms. The number of nitrogens with two attached hydrogens (primary N) is 1. The predicted molar refractivity (Wildman–Crippen MR) is 113 cm³/mol. The van der Waals surface area contributed by atoms with E-state index in [9.17, 15) is 22.8 Å². The summed E-state index contributed by atoms with van der Waals surface area (Å²) < 4.78 is 39.3. The zero-order chi connectivity index (χ0) is 22.3. The van der Waals surface area contributed by atoms with E-state index in [-0.39, 0.29) is 17.7 Å². The van der Waals surface area contributed by atoms with Crippen LogP contribution in [0, 0.1) is 6.92 Å². The second-order valence-electron chi connectivity index (χ2n) is 6.72. The van der Waals surface area contributed by atoms with E-state index in [1.165, 1.54) is 31.3 Å². The Morgan fingerprint density at radius 2 is 1.57 bits per heavy atom. The molecule has 0 saturated heterocycles. The van der Waals surface area contributed by atoms with Crippen molar-refractivity contribution in [1.29, 1.82) is 0 Å². The summed E-state index contributed by atoms with van der Waals surface area (Å²) in [6, 6.07) is 9.29. The first kappa shape index (κ1) is 23.1. The van der Waals surface area contributed by atoms with Crippen molar-refractivity contribution in [2.24, 2.45) is 5.73 Å². The molecule has 0 atom stereocenters. The van der Waals surface area contributed by atoms with Crippen LogP contribution in [0.2, 0.25) is 0 Å².